The molecule has 33 heavy (non-hydrogen) atoms. The Balaban J connectivity index is 1.60. The SMILES string of the molecule is COc1ccc2c(c1)CCCC2NC(=O)CN(c1ccc(C)cc1)S(=O)(=O)c1ccccc1. The number of aryl methyl sites for hydroxylation is 2. The van der Waals surface area contributed by atoms with E-state index in [-0.39, 0.29) is 23.4 Å². The summed E-state index contributed by atoms with van der Waals surface area (Å²) in [6.45, 7) is 1.63. The number of anilines is 1. The zero-order valence-electron chi connectivity index (χ0n) is 18.8. The lowest BCUT2D eigenvalue weighted by Gasteiger charge is -2.29. The molecular weight excluding hydrogens is 436 g/mol. The molecule has 172 valence electrons. The van der Waals surface area contributed by atoms with Crippen molar-refractivity contribution < 1.29 is 17.9 Å². The molecule has 6 nitrogen and oxygen atoms in total. The van der Waals surface area contributed by atoms with Crippen LogP contribution in [0.1, 0.15) is 35.6 Å². The summed E-state index contributed by atoms with van der Waals surface area (Å²) in [4.78, 5) is 13.3. The predicted molar refractivity (Wildman–Crippen MR) is 129 cm³/mol. The van der Waals surface area contributed by atoms with Crippen molar-refractivity contribution in [3.8, 4) is 5.75 Å². The van der Waals surface area contributed by atoms with Gasteiger partial charge in [0.15, 0.2) is 0 Å². The van der Waals surface area contributed by atoms with Crippen LogP contribution < -0.4 is 14.4 Å². The van der Waals surface area contributed by atoms with Gasteiger partial charge in [-0.1, -0.05) is 42.0 Å². The van der Waals surface area contributed by atoms with E-state index in [0.717, 1.165) is 41.7 Å². The van der Waals surface area contributed by atoms with Gasteiger partial charge in [-0.2, -0.15) is 0 Å². The molecule has 0 saturated heterocycles. The highest BCUT2D eigenvalue weighted by atomic mass is 32.2. The summed E-state index contributed by atoms with van der Waals surface area (Å²) in [5, 5.41) is 3.06. The summed E-state index contributed by atoms with van der Waals surface area (Å²) in [6, 6.07) is 21.0. The molecular formula is C26H28N2O4S. The van der Waals surface area contributed by atoms with E-state index in [9.17, 15) is 13.2 Å². The molecule has 3 aromatic carbocycles. The molecule has 0 bridgehead atoms. The predicted octanol–water partition coefficient (Wildman–Crippen LogP) is 4.39. The van der Waals surface area contributed by atoms with Crippen molar-refractivity contribution in [3.05, 3.63) is 89.5 Å². The molecule has 1 atom stereocenters. The van der Waals surface area contributed by atoms with E-state index in [0.29, 0.717) is 5.69 Å². The quantitative estimate of drug-likeness (QED) is 0.563. The van der Waals surface area contributed by atoms with E-state index in [4.69, 9.17) is 4.74 Å². The van der Waals surface area contributed by atoms with Gasteiger partial charge in [-0.05, 0) is 73.7 Å². The van der Waals surface area contributed by atoms with Crippen molar-refractivity contribution in [2.75, 3.05) is 18.0 Å². The average Bonchev–Trinajstić information content (AvgIpc) is 2.83. The highest BCUT2D eigenvalue weighted by Crippen LogP contribution is 2.32. The van der Waals surface area contributed by atoms with Gasteiger partial charge in [0.2, 0.25) is 5.91 Å². The molecule has 0 saturated carbocycles. The molecule has 0 spiro atoms. The number of nitrogens with one attached hydrogen (secondary N) is 1. The summed E-state index contributed by atoms with van der Waals surface area (Å²) in [5.74, 6) is 0.448. The number of hydrogen-bond acceptors (Lipinski definition) is 4. The van der Waals surface area contributed by atoms with Crippen LogP contribution in [-0.4, -0.2) is 28.0 Å². The zero-order valence-corrected chi connectivity index (χ0v) is 19.6. The van der Waals surface area contributed by atoms with Crippen molar-refractivity contribution in [2.45, 2.75) is 37.1 Å². The number of carbonyl (C=O) groups is 1. The standard InChI is InChI=1S/C26H28N2O4S/c1-19-11-13-21(14-12-19)28(33(30,31)23-8-4-3-5-9-23)18-26(29)27-25-10-6-7-20-17-22(32-2)15-16-24(20)25/h3-5,8-9,11-17,25H,6-7,10,18H2,1-2H3,(H,27,29). The number of sulfonamides is 1. The number of carbonyl (C=O) groups excluding carboxylic acids is 1. The Hall–Kier alpha value is -3.32. The third kappa shape index (κ3) is 5.03. The average molecular weight is 465 g/mol. The summed E-state index contributed by atoms with van der Waals surface area (Å²) in [7, 11) is -2.28. The minimum atomic E-state index is -3.92. The number of amides is 1. The Morgan fingerprint density at radius 1 is 1.06 bits per heavy atom. The maximum Gasteiger partial charge on any atom is 0.264 e. The minimum absolute atomic E-state index is 0.147. The molecule has 1 aliphatic carbocycles. The fraction of sp³-hybridized carbons (Fsp3) is 0.269. The van der Waals surface area contributed by atoms with Gasteiger partial charge in [-0.15, -0.1) is 0 Å². The number of fused-ring (bicyclic) bond motifs is 1. The Labute approximate surface area is 195 Å². The molecule has 1 N–H and O–H groups in total. The second-order valence-electron chi connectivity index (χ2n) is 8.24. The zero-order chi connectivity index (χ0) is 23.4. The fourth-order valence-electron chi connectivity index (χ4n) is 4.18. The number of methoxy groups -OCH3 is 1. The highest BCUT2D eigenvalue weighted by molar-refractivity contribution is 7.92. The Kier molecular flexibility index (Phi) is 6.70. The highest BCUT2D eigenvalue weighted by Gasteiger charge is 2.29. The first kappa shape index (κ1) is 22.9. The monoisotopic (exact) mass is 464 g/mol. The summed E-state index contributed by atoms with van der Waals surface area (Å²) in [5.41, 5.74) is 3.67. The van der Waals surface area contributed by atoms with Crippen LogP contribution in [0.2, 0.25) is 0 Å². The van der Waals surface area contributed by atoms with Crippen molar-refractivity contribution in [2.24, 2.45) is 0 Å². The second kappa shape index (κ2) is 9.67. The Bertz CT molecular complexity index is 1220. The van der Waals surface area contributed by atoms with E-state index in [1.54, 1.807) is 49.6 Å². The van der Waals surface area contributed by atoms with Crippen LogP contribution >= 0.6 is 0 Å². The third-order valence-corrected chi connectivity index (χ3v) is 7.73. The first-order valence-corrected chi connectivity index (χ1v) is 12.4. The normalized spacial score (nSPS) is 15.4. The van der Waals surface area contributed by atoms with E-state index < -0.39 is 10.0 Å². The number of nitrogens with zero attached hydrogens (tertiary/aromatic N) is 1. The number of hydrogen-bond donors (Lipinski definition) is 1. The number of ether oxygens (including phenoxy) is 1. The molecule has 4 rings (SSSR count). The molecule has 1 aliphatic rings. The summed E-state index contributed by atoms with van der Waals surface area (Å²) < 4.78 is 33.4. The lowest BCUT2D eigenvalue weighted by Crippen LogP contribution is -2.42. The lowest BCUT2D eigenvalue weighted by molar-refractivity contribution is -0.120. The van der Waals surface area contributed by atoms with Gasteiger partial charge in [0.25, 0.3) is 10.0 Å². The van der Waals surface area contributed by atoms with Gasteiger partial charge >= 0.3 is 0 Å². The van der Waals surface area contributed by atoms with Crippen molar-refractivity contribution >= 4 is 21.6 Å². The largest absolute Gasteiger partial charge is 0.497 e. The van der Waals surface area contributed by atoms with E-state index in [2.05, 4.69) is 5.32 Å². The van der Waals surface area contributed by atoms with Crippen LogP contribution in [0.5, 0.6) is 5.75 Å². The van der Waals surface area contributed by atoms with Crippen LogP contribution in [0.4, 0.5) is 5.69 Å². The minimum Gasteiger partial charge on any atom is -0.497 e. The van der Waals surface area contributed by atoms with Gasteiger partial charge in [0, 0.05) is 0 Å². The van der Waals surface area contributed by atoms with Gasteiger partial charge in [-0.25, -0.2) is 8.42 Å². The van der Waals surface area contributed by atoms with Gasteiger partial charge in [0.05, 0.1) is 23.7 Å². The van der Waals surface area contributed by atoms with Crippen molar-refractivity contribution in [1.29, 1.82) is 0 Å². The summed E-state index contributed by atoms with van der Waals surface area (Å²) >= 11 is 0. The van der Waals surface area contributed by atoms with Crippen LogP contribution in [0.15, 0.2) is 77.7 Å². The maximum absolute atomic E-state index is 13.4. The lowest BCUT2D eigenvalue weighted by atomic mass is 9.87. The molecule has 1 unspecified atom stereocenters. The van der Waals surface area contributed by atoms with Crippen molar-refractivity contribution in [1.82, 2.24) is 5.32 Å². The van der Waals surface area contributed by atoms with Gasteiger partial charge in [-0.3, -0.25) is 9.10 Å². The van der Waals surface area contributed by atoms with Crippen LogP contribution in [0.3, 0.4) is 0 Å². The number of rotatable bonds is 7. The molecule has 1 amide bonds. The molecule has 0 heterocycles. The van der Waals surface area contributed by atoms with Crippen LogP contribution in [0, 0.1) is 6.92 Å². The van der Waals surface area contributed by atoms with E-state index in [1.165, 1.54) is 4.31 Å². The van der Waals surface area contributed by atoms with Crippen LogP contribution in [0.25, 0.3) is 0 Å². The number of benzene rings is 3. The third-order valence-electron chi connectivity index (χ3n) is 5.94. The van der Waals surface area contributed by atoms with Crippen LogP contribution in [-0.2, 0) is 21.2 Å². The first-order chi connectivity index (χ1) is 15.9. The second-order valence-corrected chi connectivity index (χ2v) is 10.1. The van der Waals surface area contributed by atoms with Crippen molar-refractivity contribution in [3.63, 3.8) is 0 Å². The molecule has 0 radical (unpaired) electrons. The maximum atomic E-state index is 13.4. The Morgan fingerprint density at radius 3 is 2.48 bits per heavy atom. The Morgan fingerprint density at radius 2 is 1.79 bits per heavy atom. The molecule has 0 aliphatic heterocycles. The van der Waals surface area contributed by atoms with Gasteiger partial charge in [0.1, 0.15) is 12.3 Å². The molecule has 0 fully saturated rings. The first-order valence-electron chi connectivity index (χ1n) is 11.0. The van der Waals surface area contributed by atoms with E-state index >= 15 is 0 Å². The topological polar surface area (TPSA) is 75.7 Å². The molecule has 3 aromatic rings. The molecule has 7 heteroatoms. The fourth-order valence-corrected chi connectivity index (χ4v) is 5.63. The van der Waals surface area contributed by atoms with E-state index in [1.807, 2.05) is 37.3 Å². The van der Waals surface area contributed by atoms with Gasteiger partial charge < -0.3 is 10.1 Å². The smallest absolute Gasteiger partial charge is 0.264 e. The summed E-state index contributed by atoms with van der Waals surface area (Å²) in [6.07, 6.45) is 2.67. The molecule has 0 aromatic heterocycles.